The van der Waals surface area contributed by atoms with Gasteiger partial charge >= 0.3 is 0 Å². The van der Waals surface area contributed by atoms with Gasteiger partial charge in [0.1, 0.15) is 12.7 Å². The van der Waals surface area contributed by atoms with Gasteiger partial charge in [0.05, 0.1) is 6.54 Å². The molecule has 1 aliphatic heterocycles. The Kier molecular flexibility index (Phi) is 8.23. The van der Waals surface area contributed by atoms with Gasteiger partial charge in [-0.15, -0.1) is 24.0 Å². The molecule has 1 aliphatic carbocycles. The van der Waals surface area contributed by atoms with Gasteiger partial charge in [0, 0.05) is 37.2 Å². The second-order valence-corrected chi connectivity index (χ2v) is 9.39. The molecule has 1 aromatic heterocycles. The molecule has 8 heteroatoms. The monoisotopic (exact) mass is 526 g/mol. The standard InChI is InChI=1S/C21H30N6S.HI/c1-22-20(26-10-11-28-21(15-26)8-3-2-4-9-21)24-13-18-6-5-7-19(12-18)14-27-17-23-16-25-27;/h5-7,12,16-17H,2-4,8-11,13-15H2,1H3,(H,22,24);1H. The molecule has 1 saturated heterocycles. The van der Waals surface area contributed by atoms with Crippen LogP contribution in [0.25, 0.3) is 0 Å². The highest BCUT2D eigenvalue weighted by molar-refractivity contribution is 14.0. The molecule has 2 heterocycles. The molecule has 2 aromatic rings. The molecule has 1 N–H and O–H groups in total. The van der Waals surface area contributed by atoms with Crippen LogP contribution in [0.3, 0.4) is 0 Å². The Balaban J connectivity index is 0.00000240. The Labute approximate surface area is 195 Å². The fraction of sp³-hybridized carbons (Fsp3) is 0.571. The number of nitrogens with one attached hydrogen (secondary N) is 1. The third kappa shape index (κ3) is 5.87. The Morgan fingerprint density at radius 3 is 2.83 bits per heavy atom. The van der Waals surface area contributed by atoms with Crippen molar-refractivity contribution in [3.05, 3.63) is 48.0 Å². The van der Waals surface area contributed by atoms with Crippen LogP contribution in [0, 0.1) is 0 Å². The van der Waals surface area contributed by atoms with Crippen molar-refractivity contribution >= 4 is 41.7 Å². The normalized spacial score (nSPS) is 19.1. The van der Waals surface area contributed by atoms with Crippen LogP contribution in [0.2, 0.25) is 0 Å². The number of aliphatic imine (C=N–C) groups is 1. The maximum atomic E-state index is 4.59. The lowest BCUT2D eigenvalue weighted by atomic mass is 9.87. The van der Waals surface area contributed by atoms with E-state index >= 15 is 0 Å². The number of hydrogen-bond acceptors (Lipinski definition) is 4. The number of halogens is 1. The van der Waals surface area contributed by atoms with E-state index in [9.17, 15) is 0 Å². The highest BCUT2D eigenvalue weighted by Crippen LogP contribution is 2.42. The van der Waals surface area contributed by atoms with Gasteiger partial charge in [-0.3, -0.25) is 4.99 Å². The number of benzene rings is 1. The molecule has 1 aromatic carbocycles. The Hall–Kier alpha value is -1.29. The molecule has 29 heavy (non-hydrogen) atoms. The molecule has 0 amide bonds. The summed E-state index contributed by atoms with van der Waals surface area (Å²) >= 11 is 2.20. The lowest BCUT2D eigenvalue weighted by Gasteiger charge is -2.45. The van der Waals surface area contributed by atoms with E-state index in [0.717, 1.165) is 32.1 Å². The van der Waals surface area contributed by atoms with Crippen LogP contribution in [0.5, 0.6) is 0 Å². The summed E-state index contributed by atoms with van der Waals surface area (Å²) in [6, 6.07) is 8.64. The SMILES string of the molecule is CN=C(NCc1cccc(Cn2cncn2)c1)N1CCSC2(CCCCC2)C1.I. The van der Waals surface area contributed by atoms with E-state index in [2.05, 4.69) is 61.3 Å². The first-order valence-electron chi connectivity index (χ1n) is 10.3. The predicted molar refractivity (Wildman–Crippen MR) is 131 cm³/mol. The summed E-state index contributed by atoms with van der Waals surface area (Å²) in [7, 11) is 1.90. The highest BCUT2D eigenvalue weighted by Gasteiger charge is 2.38. The van der Waals surface area contributed by atoms with Crippen molar-refractivity contribution in [2.75, 3.05) is 25.9 Å². The molecule has 0 atom stereocenters. The topological polar surface area (TPSA) is 58.3 Å². The summed E-state index contributed by atoms with van der Waals surface area (Å²) in [6.45, 7) is 3.74. The summed E-state index contributed by atoms with van der Waals surface area (Å²) in [4.78, 5) is 11.1. The van der Waals surface area contributed by atoms with Crippen LogP contribution in [0.15, 0.2) is 41.9 Å². The molecule has 2 fully saturated rings. The van der Waals surface area contributed by atoms with Gasteiger partial charge in [-0.1, -0.05) is 43.5 Å². The number of guanidine groups is 1. The summed E-state index contributed by atoms with van der Waals surface area (Å²) < 4.78 is 2.30. The van der Waals surface area contributed by atoms with Crippen LogP contribution in [-0.4, -0.2) is 56.3 Å². The van der Waals surface area contributed by atoms with E-state index in [1.807, 2.05) is 11.7 Å². The summed E-state index contributed by atoms with van der Waals surface area (Å²) in [5, 5.41) is 7.79. The molecule has 1 spiro atoms. The van der Waals surface area contributed by atoms with Crippen molar-refractivity contribution in [3.8, 4) is 0 Å². The number of rotatable bonds is 4. The van der Waals surface area contributed by atoms with Crippen LogP contribution >= 0.6 is 35.7 Å². The lowest BCUT2D eigenvalue weighted by molar-refractivity contribution is 0.293. The van der Waals surface area contributed by atoms with Gasteiger partial charge in [0.25, 0.3) is 0 Å². The predicted octanol–water partition coefficient (Wildman–Crippen LogP) is 3.77. The molecule has 0 unspecified atom stereocenters. The zero-order valence-corrected chi connectivity index (χ0v) is 20.2. The minimum absolute atomic E-state index is 0. The number of aromatic nitrogens is 3. The van der Waals surface area contributed by atoms with E-state index in [1.54, 1.807) is 12.7 Å². The van der Waals surface area contributed by atoms with Gasteiger partial charge in [-0.2, -0.15) is 16.9 Å². The van der Waals surface area contributed by atoms with Crippen molar-refractivity contribution in [1.29, 1.82) is 0 Å². The first-order valence-corrected chi connectivity index (χ1v) is 11.2. The van der Waals surface area contributed by atoms with Crippen molar-refractivity contribution in [3.63, 3.8) is 0 Å². The van der Waals surface area contributed by atoms with Crippen molar-refractivity contribution in [2.24, 2.45) is 4.99 Å². The quantitative estimate of drug-likeness (QED) is 0.374. The summed E-state index contributed by atoms with van der Waals surface area (Å²) in [5.74, 6) is 2.24. The van der Waals surface area contributed by atoms with E-state index in [1.165, 1.54) is 49.0 Å². The van der Waals surface area contributed by atoms with Gasteiger partial charge < -0.3 is 10.2 Å². The third-order valence-electron chi connectivity index (χ3n) is 5.78. The minimum Gasteiger partial charge on any atom is -0.352 e. The van der Waals surface area contributed by atoms with Crippen LogP contribution in [-0.2, 0) is 13.1 Å². The van der Waals surface area contributed by atoms with Crippen LogP contribution in [0.1, 0.15) is 43.2 Å². The molecule has 1 saturated carbocycles. The van der Waals surface area contributed by atoms with E-state index < -0.39 is 0 Å². The Morgan fingerprint density at radius 2 is 2.07 bits per heavy atom. The molecule has 4 rings (SSSR count). The van der Waals surface area contributed by atoms with Crippen molar-refractivity contribution < 1.29 is 0 Å². The zero-order chi connectivity index (χ0) is 19.2. The van der Waals surface area contributed by atoms with Gasteiger partial charge in [-0.25, -0.2) is 9.67 Å². The molecule has 0 radical (unpaired) electrons. The van der Waals surface area contributed by atoms with Crippen molar-refractivity contribution in [2.45, 2.75) is 49.9 Å². The highest BCUT2D eigenvalue weighted by atomic mass is 127. The average Bonchev–Trinajstić information content (AvgIpc) is 3.22. The van der Waals surface area contributed by atoms with Crippen LogP contribution < -0.4 is 5.32 Å². The number of thioether (sulfide) groups is 1. The largest absolute Gasteiger partial charge is 0.352 e. The smallest absolute Gasteiger partial charge is 0.193 e. The van der Waals surface area contributed by atoms with E-state index in [-0.39, 0.29) is 24.0 Å². The first-order chi connectivity index (χ1) is 13.8. The molecular formula is C21H31IN6S. The molecule has 158 valence electrons. The van der Waals surface area contributed by atoms with Crippen LogP contribution in [0.4, 0.5) is 0 Å². The van der Waals surface area contributed by atoms with Gasteiger partial charge in [0.15, 0.2) is 5.96 Å². The summed E-state index contributed by atoms with van der Waals surface area (Å²) in [5.41, 5.74) is 2.49. The second-order valence-electron chi connectivity index (χ2n) is 7.83. The lowest BCUT2D eigenvalue weighted by Crippen LogP contribution is -2.53. The Morgan fingerprint density at radius 1 is 1.24 bits per heavy atom. The fourth-order valence-electron chi connectivity index (χ4n) is 4.38. The second kappa shape index (κ2) is 10.7. The maximum absolute atomic E-state index is 4.59. The summed E-state index contributed by atoms with van der Waals surface area (Å²) in [6.07, 6.45) is 10.2. The number of nitrogens with zero attached hydrogens (tertiary/aromatic N) is 5. The van der Waals surface area contributed by atoms with Crippen molar-refractivity contribution in [1.82, 2.24) is 25.0 Å². The minimum atomic E-state index is 0. The van der Waals surface area contributed by atoms with Gasteiger partial charge in [0.2, 0.25) is 0 Å². The maximum Gasteiger partial charge on any atom is 0.193 e. The number of hydrogen-bond donors (Lipinski definition) is 1. The fourth-order valence-corrected chi connectivity index (χ4v) is 5.95. The first kappa shape index (κ1) is 22.4. The molecular weight excluding hydrogens is 495 g/mol. The third-order valence-corrected chi connectivity index (χ3v) is 7.31. The average molecular weight is 526 g/mol. The molecule has 6 nitrogen and oxygen atoms in total. The Bertz CT molecular complexity index is 783. The van der Waals surface area contributed by atoms with Gasteiger partial charge in [-0.05, 0) is 24.0 Å². The molecule has 0 bridgehead atoms. The zero-order valence-electron chi connectivity index (χ0n) is 17.1. The van der Waals surface area contributed by atoms with E-state index in [0.29, 0.717) is 4.75 Å². The van der Waals surface area contributed by atoms with E-state index in [4.69, 9.17) is 0 Å². The molecule has 2 aliphatic rings.